The van der Waals surface area contributed by atoms with Crippen LogP contribution in [-0.4, -0.2) is 61.0 Å². The molecular weight excluding hydrogens is 298 g/mol. The number of likely N-dealkylation sites (tertiary alicyclic amines) is 2. The summed E-state index contributed by atoms with van der Waals surface area (Å²) in [6.45, 7) is 8.35. The van der Waals surface area contributed by atoms with Gasteiger partial charge < -0.3 is 10.2 Å². The summed E-state index contributed by atoms with van der Waals surface area (Å²) >= 11 is 0. The van der Waals surface area contributed by atoms with E-state index in [2.05, 4.69) is 29.0 Å². The monoisotopic (exact) mass is 331 g/mol. The van der Waals surface area contributed by atoms with Crippen molar-refractivity contribution in [3.05, 3.63) is 0 Å². The number of piperidine rings is 2. The molecule has 130 valence electrons. The van der Waals surface area contributed by atoms with Crippen molar-refractivity contribution < 1.29 is 4.79 Å². The van der Waals surface area contributed by atoms with Crippen LogP contribution in [0.5, 0.6) is 0 Å². The fourth-order valence-electron chi connectivity index (χ4n) is 3.97. The molecule has 0 aromatic carbocycles. The zero-order chi connectivity index (χ0) is 15.2. The minimum absolute atomic E-state index is 0. The number of rotatable bonds is 5. The molecule has 0 aromatic heterocycles. The highest BCUT2D eigenvalue weighted by atomic mass is 35.5. The average molecular weight is 332 g/mol. The van der Waals surface area contributed by atoms with E-state index < -0.39 is 0 Å². The van der Waals surface area contributed by atoms with Gasteiger partial charge in [-0.1, -0.05) is 0 Å². The number of halogens is 1. The lowest BCUT2D eigenvalue weighted by Gasteiger charge is -2.41. The molecule has 0 aliphatic carbocycles. The Morgan fingerprint density at radius 3 is 2.23 bits per heavy atom. The molecule has 2 aliphatic heterocycles. The van der Waals surface area contributed by atoms with Gasteiger partial charge in [-0.2, -0.15) is 0 Å². The Bertz CT molecular complexity index is 322. The second kappa shape index (κ2) is 9.74. The Kier molecular flexibility index (Phi) is 8.73. The predicted octanol–water partition coefficient (Wildman–Crippen LogP) is 2.52. The number of nitrogens with one attached hydrogen (secondary N) is 1. The zero-order valence-corrected chi connectivity index (χ0v) is 15.3. The number of carbonyl (C=O) groups is 1. The summed E-state index contributed by atoms with van der Waals surface area (Å²) in [7, 11) is 2.02. The smallest absolute Gasteiger partial charge is 0.237 e. The van der Waals surface area contributed by atoms with Gasteiger partial charge in [0.15, 0.2) is 0 Å². The molecule has 2 saturated heterocycles. The van der Waals surface area contributed by atoms with Gasteiger partial charge in [-0.25, -0.2) is 0 Å². The van der Waals surface area contributed by atoms with Crippen LogP contribution >= 0.6 is 12.4 Å². The van der Waals surface area contributed by atoms with Crippen molar-refractivity contribution >= 4 is 18.3 Å². The second-order valence-electron chi connectivity index (χ2n) is 7.04. The number of hydrogen-bond acceptors (Lipinski definition) is 3. The van der Waals surface area contributed by atoms with E-state index in [-0.39, 0.29) is 12.4 Å². The molecule has 0 saturated carbocycles. The molecule has 5 heteroatoms. The summed E-state index contributed by atoms with van der Waals surface area (Å²) in [6.07, 6.45) is 7.38. The first-order chi connectivity index (χ1) is 10.1. The largest absolute Gasteiger partial charge is 0.336 e. The van der Waals surface area contributed by atoms with Gasteiger partial charge in [-0.15, -0.1) is 12.4 Å². The molecule has 2 aliphatic rings. The Hall–Kier alpha value is -0.320. The number of hydrogen-bond donors (Lipinski definition) is 1. The van der Waals surface area contributed by atoms with Crippen LogP contribution in [0.3, 0.4) is 0 Å². The second-order valence-corrected chi connectivity index (χ2v) is 7.04. The number of amides is 1. The Labute approximate surface area is 142 Å². The van der Waals surface area contributed by atoms with Crippen LogP contribution in [0, 0.1) is 5.92 Å². The quantitative estimate of drug-likeness (QED) is 0.841. The molecule has 4 nitrogen and oxygen atoms in total. The van der Waals surface area contributed by atoms with Crippen molar-refractivity contribution in [2.75, 3.05) is 33.2 Å². The molecule has 2 fully saturated rings. The van der Waals surface area contributed by atoms with E-state index in [1.54, 1.807) is 0 Å². The third-order valence-corrected chi connectivity index (χ3v) is 5.35. The summed E-state index contributed by atoms with van der Waals surface area (Å²) in [5.74, 6) is 1.19. The highest BCUT2D eigenvalue weighted by molar-refractivity contribution is 5.85. The molecule has 0 bridgehead atoms. The van der Waals surface area contributed by atoms with Gasteiger partial charge in [0.25, 0.3) is 0 Å². The molecule has 0 radical (unpaired) electrons. The van der Waals surface area contributed by atoms with Gasteiger partial charge in [-0.05, 0) is 85.0 Å². The first-order valence-electron chi connectivity index (χ1n) is 8.80. The van der Waals surface area contributed by atoms with E-state index in [1.807, 2.05) is 7.05 Å². The summed E-state index contributed by atoms with van der Waals surface area (Å²) < 4.78 is 0. The van der Waals surface area contributed by atoms with Gasteiger partial charge in [0.05, 0.1) is 6.54 Å². The van der Waals surface area contributed by atoms with E-state index in [0.29, 0.717) is 24.5 Å². The van der Waals surface area contributed by atoms with Crippen molar-refractivity contribution in [2.24, 2.45) is 5.92 Å². The lowest BCUT2D eigenvalue weighted by molar-refractivity contribution is -0.138. The van der Waals surface area contributed by atoms with E-state index in [0.717, 1.165) is 25.6 Å². The predicted molar refractivity (Wildman–Crippen MR) is 94.6 cm³/mol. The highest BCUT2D eigenvalue weighted by Gasteiger charge is 2.30. The van der Waals surface area contributed by atoms with Gasteiger partial charge in [0.1, 0.15) is 0 Å². The van der Waals surface area contributed by atoms with Crippen LogP contribution in [0.15, 0.2) is 0 Å². The first-order valence-corrected chi connectivity index (χ1v) is 8.80. The van der Waals surface area contributed by atoms with Crippen LogP contribution in [-0.2, 0) is 4.79 Å². The van der Waals surface area contributed by atoms with Crippen LogP contribution < -0.4 is 5.32 Å². The average Bonchev–Trinajstić information content (AvgIpc) is 2.46. The molecular formula is C17H34ClN3O. The van der Waals surface area contributed by atoms with Crippen molar-refractivity contribution in [1.82, 2.24) is 15.1 Å². The molecule has 2 rings (SSSR count). The molecule has 2 unspecified atom stereocenters. The fraction of sp³-hybridized carbons (Fsp3) is 0.941. The highest BCUT2D eigenvalue weighted by Crippen LogP contribution is 2.24. The maximum absolute atomic E-state index is 12.6. The molecule has 22 heavy (non-hydrogen) atoms. The third kappa shape index (κ3) is 5.39. The van der Waals surface area contributed by atoms with Crippen molar-refractivity contribution in [3.63, 3.8) is 0 Å². The molecule has 0 spiro atoms. The van der Waals surface area contributed by atoms with Gasteiger partial charge in [0, 0.05) is 12.1 Å². The summed E-state index contributed by atoms with van der Waals surface area (Å²) in [4.78, 5) is 17.1. The first kappa shape index (κ1) is 19.7. The maximum Gasteiger partial charge on any atom is 0.237 e. The molecule has 1 amide bonds. The molecule has 0 aromatic rings. The third-order valence-electron chi connectivity index (χ3n) is 5.35. The standard InChI is InChI=1S/C17H33N3O.ClH/c1-14-5-4-6-15(2)20(14)17(21)13-19-11-8-16(9-12-19)7-10-18-3;/h14-16,18H,4-13H2,1-3H3;1H. The lowest BCUT2D eigenvalue weighted by Crippen LogP contribution is -2.51. The Morgan fingerprint density at radius 2 is 1.68 bits per heavy atom. The van der Waals surface area contributed by atoms with E-state index in [1.165, 1.54) is 38.5 Å². The topological polar surface area (TPSA) is 35.6 Å². The molecule has 2 atom stereocenters. The van der Waals surface area contributed by atoms with E-state index in [4.69, 9.17) is 0 Å². The summed E-state index contributed by atoms with van der Waals surface area (Å²) in [5.41, 5.74) is 0. The molecule has 1 N–H and O–H groups in total. The molecule has 2 heterocycles. The van der Waals surface area contributed by atoms with Crippen molar-refractivity contribution in [3.8, 4) is 0 Å². The fourth-order valence-corrected chi connectivity index (χ4v) is 3.97. The summed E-state index contributed by atoms with van der Waals surface area (Å²) in [5, 5.41) is 3.24. The number of carbonyl (C=O) groups excluding carboxylic acids is 1. The van der Waals surface area contributed by atoms with Crippen LogP contribution in [0.25, 0.3) is 0 Å². The van der Waals surface area contributed by atoms with Crippen molar-refractivity contribution in [1.29, 1.82) is 0 Å². The SMILES string of the molecule is CNCCC1CCN(CC(=O)N2C(C)CCCC2C)CC1.Cl. The lowest BCUT2D eigenvalue weighted by atomic mass is 9.93. The zero-order valence-electron chi connectivity index (χ0n) is 14.5. The van der Waals surface area contributed by atoms with Gasteiger partial charge >= 0.3 is 0 Å². The van der Waals surface area contributed by atoms with Crippen LogP contribution in [0.1, 0.15) is 52.4 Å². The van der Waals surface area contributed by atoms with Crippen molar-refractivity contribution in [2.45, 2.75) is 64.5 Å². The van der Waals surface area contributed by atoms with Gasteiger partial charge in [-0.3, -0.25) is 9.69 Å². The maximum atomic E-state index is 12.6. The van der Waals surface area contributed by atoms with Gasteiger partial charge in [0.2, 0.25) is 5.91 Å². The number of nitrogens with zero attached hydrogens (tertiary/aromatic N) is 2. The Balaban J connectivity index is 0.00000242. The minimum Gasteiger partial charge on any atom is -0.336 e. The van der Waals surface area contributed by atoms with Crippen LogP contribution in [0.2, 0.25) is 0 Å². The van der Waals surface area contributed by atoms with Crippen LogP contribution in [0.4, 0.5) is 0 Å². The normalized spacial score (nSPS) is 27.5. The van der Waals surface area contributed by atoms with E-state index >= 15 is 0 Å². The minimum atomic E-state index is 0. The van der Waals surface area contributed by atoms with E-state index in [9.17, 15) is 4.79 Å². The Morgan fingerprint density at radius 1 is 1.09 bits per heavy atom. The summed E-state index contributed by atoms with van der Waals surface area (Å²) in [6, 6.07) is 0.851.